The Balaban J connectivity index is 2.24. The fourth-order valence-corrected chi connectivity index (χ4v) is 3.13. The van der Waals surface area contributed by atoms with Crippen LogP contribution in [0.15, 0.2) is 47.4 Å². The summed E-state index contributed by atoms with van der Waals surface area (Å²) in [5, 5.41) is 4.20. The molecule has 0 spiro atoms. The second-order valence-corrected chi connectivity index (χ2v) is 7.19. The molecule has 2 rings (SSSR count). The van der Waals surface area contributed by atoms with Gasteiger partial charge in [0.15, 0.2) is 9.84 Å². The highest BCUT2D eigenvalue weighted by molar-refractivity contribution is 7.90. The predicted octanol–water partition coefficient (Wildman–Crippen LogP) is 4.01. The number of sulfone groups is 1. The molecule has 0 aliphatic heterocycles. The molecule has 0 amide bonds. The average Bonchev–Trinajstić information content (AvgIpc) is 2.37. The number of rotatable bonds is 4. The predicted molar refractivity (Wildman–Crippen MR) is 83.3 cm³/mol. The smallest absolute Gasteiger partial charge is 0.177 e. The molecule has 2 aromatic rings. The Hall–Kier alpha value is -1.23. The molecule has 6 heteroatoms. The minimum atomic E-state index is -3.27. The van der Waals surface area contributed by atoms with Gasteiger partial charge in [-0.1, -0.05) is 41.4 Å². The van der Waals surface area contributed by atoms with E-state index in [9.17, 15) is 8.42 Å². The zero-order valence-electron chi connectivity index (χ0n) is 10.7. The van der Waals surface area contributed by atoms with E-state index in [1.807, 2.05) is 0 Å². The SMILES string of the molecule is CS(=O)(=O)c1ccccc1NCc1ccc(Cl)cc1Cl. The summed E-state index contributed by atoms with van der Waals surface area (Å²) >= 11 is 11.9. The van der Waals surface area contributed by atoms with Crippen LogP contribution in [-0.2, 0) is 16.4 Å². The standard InChI is InChI=1S/C14H13Cl2NO2S/c1-20(18,19)14-5-3-2-4-13(14)17-9-10-6-7-11(15)8-12(10)16/h2-8,17H,9H2,1H3. The second-order valence-electron chi connectivity index (χ2n) is 4.36. The Morgan fingerprint density at radius 1 is 1.10 bits per heavy atom. The van der Waals surface area contributed by atoms with Gasteiger partial charge in [-0.25, -0.2) is 8.42 Å². The fraction of sp³-hybridized carbons (Fsp3) is 0.143. The van der Waals surface area contributed by atoms with E-state index >= 15 is 0 Å². The number of hydrogen-bond donors (Lipinski definition) is 1. The van der Waals surface area contributed by atoms with E-state index in [1.54, 1.807) is 42.5 Å². The highest BCUT2D eigenvalue weighted by Crippen LogP contribution is 2.24. The van der Waals surface area contributed by atoms with Crippen LogP contribution < -0.4 is 5.32 Å². The summed E-state index contributed by atoms with van der Waals surface area (Å²) in [5.74, 6) is 0. The van der Waals surface area contributed by atoms with Gasteiger partial charge in [-0.3, -0.25) is 0 Å². The Morgan fingerprint density at radius 3 is 2.45 bits per heavy atom. The van der Waals surface area contributed by atoms with E-state index in [4.69, 9.17) is 23.2 Å². The third-order valence-corrected chi connectivity index (χ3v) is 4.51. The highest BCUT2D eigenvalue weighted by Gasteiger charge is 2.12. The lowest BCUT2D eigenvalue weighted by atomic mass is 10.2. The Morgan fingerprint density at radius 2 is 1.80 bits per heavy atom. The van der Waals surface area contributed by atoms with Crippen LogP contribution in [0, 0.1) is 0 Å². The molecule has 0 bridgehead atoms. The molecule has 0 atom stereocenters. The fourth-order valence-electron chi connectivity index (χ4n) is 1.79. The summed E-state index contributed by atoms with van der Waals surface area (Å²) in [6.45, 7) is 0.419. The molecule has 0 saturated heterocycles. The quantitative estimate of drug-likeness (QED) is 0.921. The topological polar surface area (TPSA) is 46.2 Å². The lowest BCUT2D eigenvalue weighted by Crippen LogP contribution is -2.06. The van der Waals surface area contributed by atoms with Crippen LogP contribution in [-0.4, -0.2) is 14.7 Å². The maximum Gasteiger partial charge on any atom is 0.177 e. The van der Waals surface area contributed by atoms with Gasteiger partial charge < -0.3 is 5.32 Å². The van der Waals surface area contributed by atoms with E-state index in [2.05, 4.69) is 5.32 Å². The zero-order chi connectivity index (χ0) is 14.8. The van der Waals surface area contributed by atoms with E-state index in [1.165, 1.54) is 6.26 Å². The van der Waals surface area contributed by atoms with Crippen LogP contribution in [0.4, 0.5) is 5.69 Å². The first kappa shape index (κ1) is 15.2. The van der Waals surface area contributed by atoms with Gasteiger partial charge in [0, 0.05) is 22.8 Å². The van der Waals surface area contributed by atoms with Crippen molar-refractivity contribution in [2.45, 2.75) is 11.4 Å². The molecular weight excluding hydrogens is 317 g/mol. The second kappa shape index (κ2) is 6.04. The van der Waals surface area contributed by atoms with Crippen molar-refractivity contribution < 1.29 is 8.42 Å². The maximum absolute atomic E-state index is 11.7. The maximum atomic E-state index is 11.7. The summed E-state index contributed by atoms with van der Waals surface area (Å²) in [6, 6.07) is 12.0. The van der Waals surface area contributed by atoms with Crippen LogP contribution in [0.1, 0.15) is 5.56 Å². The molecule has 0 aromatic heterocycles. The number of hydrogen-bond acceptors (Lipinski definition) is 3. The number of benzene rings is 2. The van der Waals surface area contributed by atoms with Crippen molar-refractivity contribution in [2.75, 3.05) is 11.6 Å². The number of halogens is 2. The molecule has 0 unspecified atom stereocenters. The van der Waals surface area contributed by atoms with Gasteiger partial charge in [-0.2, -0.15) is 0 Å². The Kier molecular flexibility index (Phi) is 4.58. The molecule has 0 radical (unpaired) electrons. The molecule has 3 nitrogen and oxygen atoms in total. The number of para-hydroxylation sites is 1. The third kappa shape index (κ3) is 3.66. The monoisotopic (exact) mass is 329 g/mol. The molecular formula is C14H13Cl2NO2S. The first-order valence-electron chi connectivity index (χ1n) is 5.85. The van der Waals surface area contributed by atoms with Gasteiger partial charge in [0.25, 0.3) is 0 Å². The van der Waals surface area contributed by atoms with Gasteiger partial charge in [0.2, 0.25) is 0 Å². The average molecular weight is 330 g/mol. The molecule has 0 aliphatic rings. The van der Waals surface area contributed by atoms with Crippen LogP contribution in [0.25, 0.3) is 0 Å². The molecule has 20 heavy (non-hydrogen) atoms. The minimum absolute atomic E-state index is 0.269. The van der Waals surface area contributed by atoms with Gasteiger partial charge in [-0.05, 0) is 29.8 Å². The van der Waals surface area contributed by atoms with Crippen molar-refractivity contribution in [2.24, 2.45) is 0 Å². The van der Waals surface area contributed by atoms with Crippen molar-refractivity contribution in [3.63, 3.8) is 0 Å². The van der Waals surface area contributed by atoms with Gasteiger partial charge in [0.05, 0.1) is 10.6 Å². The van der Waals surface area contributed by atoms with Crippen LogP contribution >= 0.6 is 23.2 Å². The van der Waals surface area contributed by atoms with Crippen LogP contribution in [0.2, 0.25) is 10.0 Å². The van der Waals surface area contributed by atoms with Gasteiger partial charge in [0.1, 0.15) is 0 Å². The van der Waals surface area contributed by atoms with Crippen LogP contribution in [0.5, 0.6) is 0 Å². The summed E-state index contributed by atoms with van der Waals surface area (Å²) < 4.78 is 23.4. The van der Waals surface area contributed by atoms with Gasteiger partial charge >= 0.3 is 0 Å². The summed E-state index contributed by atoms with van der Waals surface area (Å²) in [7, 11) is -3.27. The normalized spacial score (nSPS) is 11.3. The molecule has 0 aliphatic carbocycles. The van der Waals surface area contributed by atoms with Crippen molar-refractivity contribution in [3.8, 4) is 0 Å². The van der Waals surface area contributed by atoms with E-state index in [-0.39, 0.29) is 4.90 Å². The molecule has 0 saturated carbocycles. The van der Waals surface area contributed by atoms with Crippen molar-refractivity contribution >= 4 is 38.7 Å². The van der Waals surface area contributed by atoms with Gasteiger partial charge in [-0.15, -0.1) is 0 Å². The first-order valence-corrected chi connectivity index (χ1v) is 8.49. The molecule has 1 N–H and O–H groups in total. The Bertz CT molecular complexity index is 730. The van der Waals surface area contributed by atoms with Crippen LogP contribution in [0.3, 0.4) is 0 Å². The molecule has 0 heterocycles. The van der Waals surface area contributed by atoms with Crippen molar-refractivity contribution in [1.82, 2.24) is 0 Å². The number of nitrogens with one attached hydrogen (secondary N) is 1. The van der Waals surface area contributed by atoms with E-state index < -0.39 is 9.84 Å². The first-order chi connectivity index (χ1) is 9.38. The van der Waals surface area contributed by atoms with E-state index in [0.717, 1.165) is 5.56 Å². The molecule has 106 valence electrons. The highest BCUT2D eigenvalue weighted by atomic mass is 35.5. The largest absolute Gasteiger partial charge is 0.380 e. The summed E-state index contributed by atoms with van der Waals surface area (Å²) in [6.07, 6.45) is 1.18. The van der Waals surface area contributed by atoms with Crippen molar-refractivity contribution in [3.05, 3.63) is 58.1 Å². The summed E-state index contributed by atoms with van der Waals surface area (Å²) in [4.78, 5) is 0.269. The lowest BCUT2D eigenvalue weighted by molar-refractivity contribution is 0.602. The zero-order valence-corrected chi connectivity index (χ0v) is 13.1. The lowest BCUT2D eigenvalue weighted by Gasteiger charge is -2.11. The summed E-state index contributed by atoms with van der Waals surface area (Å²) in [5.41, 5.74) is 1.40. The molecule has 0 fully saturated rings. The third-order valence-electron chi connectivity index (χ3n) is 2.77. The molecule has 2 aromatic carbocycles. The number of anilines is 1. The minimum Gasteiger partial charge on any atom is -0.380 e. The Labute approximate surface area is 128 Å². The van der Waals surface area contributed by atoms with Crippen molar-refractivity contribution in [1.29, 1.82) is 0 Å². The van der Waals surface area contributed by atoms with E-state index in [0.29, 0.717) is 22.3 Å².